The number of hydrogen-bond donors (Lipinski definition) is 1. The number of thioether (sulfide) groups is 1. The SMILES string of the molecule is CCCCCCCCOC(=O)C(CCSC)NC(=O)OCCCl. The number of nitrogens with one attached hydrogen (secondary N) is 1. The average Bonchev–Trinajstić information content (AvgIpc) is 2.55. The Labute approximate surface area is 149 Å². The Morgan fingerprint density at radius 3 is 2.43 bits per heavy atom. The molecule has 0 heterocycles. The van der Waals surface area contributed by atoms with Crippen LogP contribution in [0.25, 0.3) is 0 Å². The van der Waals surface area contributed by atoms with Gasteiger partial charge in [0.2, 0.25) is 0 Å². The minimum atomic E-state index is -0.662. The van der Waals surface area contributed by atoms with Crippen molar-refractivity contribution in [3.05, 3.63) is 0 Å². The van der Waals surface area contributed by atoms with Crippen LogP contribution in [-0.4, -0.2) is 49.2 Å². The first-order valence-corrected chi connectivity index (χ1v) is 10.2. The van der Waals surface area contributed by atoms with Crippen molar-refractivity contribution in [2.24, 2.45) is 0 Å². The Morgan fingerprint density at radius 1 is 1.09 bits per heavy atom. The molecule has 0 spiro atoms. The van der Waals surface area contributed by atoms with Gasteiger partial charge >= 0.3 is 12.1 Å². The maximum Gasteiger partial charge on any atom is 0.407 e. The number of halogens is 1. The molecule has 0 rings (SSSR count). The predicted molar refractivity (Wildman–Crippen MR) is 96.3 cm³/mol. The molecular weight excluding hydrogens is 338 g/mol. The molecular formula is C16H30ClNO4S. The number of amides is 1. The van der Waals surface area contributed by atoms with Crippen molar-refractivity contribution in [3.63, 3.8) is 0 Å². The quantitative estimate of drug-likeness (QED) is 0.286. The summed E-state index contributed by atoms with van der Waals surface area (Å²) in [5.74, 6) is 0.591. The lowest BCUT2D eigenvalue weighted by molar-refractivity contribution is -0.146. The van der Waals surface area contributed by atoms with Crippen LogP contribution in [0.3, 0.4) is 0 Å². The Morgan fingerprint density at radius 2 is 1.78 bits per heavy atom. The molecule has 0 fully saturated rings. The molecule has 5 nitrogen and oxygen atoms in total. The molecule has 1 N–H and O–H groups in total. The van der Waals surface area contributed by atoms with Gasteiger partial charge in [-0.2, -0.15) is 11.8 Å². The summed E-state index contributed by atoms with van der Waals surface area (Å²) in [5, 5.41) is 2.55. The van der Waals surface area contributed by atoms with Gasteiger partial charge in [0.25, 0.3) is 0 Å². The number of carbonyl (C=O) groups is 2. The highest BCUT2D eigenvalue weighted by Crippen LogP contribution is 2.07. The molecule has 1 atom stereocenters. The van der Waals surface area contributed by atoms with E-state index in [-0.39, 0.29) is 12.5 Å². The van der Waals surface area contributed by atoms with Crippen LogP contribution in [0.4, 0.5) is 4.79 Å². The first kappa shape index (κ1) is 22.4. The Balaban J connectivity index is 4.01. The van der Waals surface area contributed by atoms with E-state index in [1.807, 2.05) is 6.26 Å². The van der Waals surface area contributed by atoms with Crippen molar-refractivity contribution in [2.45, 2.75) is 57.9 Å². The molecule has 1 unspecified atom stereocenters. The molecule has 0 aromatic carbocycles. The van der Waals surface area contributed by atoms with Crippen LogP contribution < -0.4 is 5.32 Å². The molecule has 0 aromatic rings. The van der Waals surface area contributed by atoms with E-state index in [2.05, 4.69) is 12.2 Å². The third-order valence-electron chi connectivity index (χ3n) is 3.24. The van der Waals surface area contributed by atoms with E-state index >= 15 is 0 Å². The number of carbonyl (C=O) groups excluding carboxylic acids is 2. The van der Waals surface area contributed by atoms with Crippen molar-refractivity contribution >= 4 is 35.4 Å². The summed E-state index contributed by atoms with van der Waals surface area (Å²) in [5.41, 5.74) is 0. The zero-order valence-electron chi connectivity index (χ0n) is 14.3. The molecule has 23 heavy (non-hydrogen) atoms. The first-order valence-electron chi connectivity index (χ1n) is 8.30. The van der Waals surface area contributed by atoms with Gasteiger partial charge in [-0.15, -0.1) is 11.6 Å². The molecule has 0 saturated carbocycles. The molecule has 7 heteroatoms. The fourth-order valence-corrected chi connectivity index (χ4v) is 2.50. The molecule has 136 valence electrons. The molecule has 0 radical (unpaired) electrons. The zero-order valence-corrected chi connectivity index (χ0v) is 15.8. The van der Waals surface area contributed by atoms with E-state index in [0.717, 1.165) is 18.6 Å². The average molecular weight is 368 g/mol. The Bertz CT molecular complexity index is 318. The molecule has 1 amide bonds. The van der Waals surface area contributed by atoms with Gasteiger partial charge in [-0.3, -0.25) is 0 Å². The largest absolute Gasteiger partial charge is 0.464 e. The molecule has 0 aromatic heterocycles. The summed E-state index contributed by atoms with van der Waals surface area (Å²) in [7, 11) is 0. The lowest BCUT2D eigenvalue weighted by Gasteiger charge is -2.17. The van der Waals surface area contributed by atoms with E-state index in [4.69, 9.17) is 21.1 Å². The van der Waals surface area contributed by atoms with E-state index in [1.54, 1.807) is 11.8 Å². The molecule has 0 bridgehead atoms. The van der Waals surface area contributed by atoms with Crippen LogP contribution in [0.2, 0.25) is 0 Å². The van der Waals surface area contributed by atoms with Crippen molar-refractivity contribution < 1.29 is 19.1 Å². The first-order chi connectivity index (χ1) is 11.2. The molecule has 0 aliphatic carbocycles. The highest BCUT2D eigenvalue weighted by molar-refractivity contribution is 7.98. The third kappa shape index (κ3) is 13.5. The summed E-state index contributed by atoms with van der Waals surface area (Å²) < 4.78 is 10.1. The minimum Gasteiger partial charge on any atom is -0.464 e. The predicted octanol–water partition coefficient (Wildman–Crippen LogP) is 3.98. The number of alkyl carbamates (subject to hydrolysis) is 1. The maximum absolute atomic E-state index is 12.1. The Kier molecular flexibility index (Phi) is 15.8. The van der Waals surface area contributed by atoms with Crippen molar-refractivity contribution in [2.75, 3.05) is 31.1 Å². The summed E-state index contributed by atoms with van der Waals surface area (Å²) in [6.07, 6.45) is 8.64. The van der Waals surface area contributed by atoms with Gasteiger partial charge in [-0.25, -0.2) is 9.59 Å². The molecule has 0 aliphatic rings. The second-order valence-electron chi connectivity index (χ2n) is 5.24. The number of rotatable bonds is 14. The topological polar surface area (TPSA) is 64.6 Å². The maximum atomic E-state index is 12.1. The van der Waals surface area contributed by atoms with E-state index < -0.39 is 18.1 Å². The fourth-order valence-electron chi connectivity index (χ4n) is 1.96. The van der Waals surface area contributed by atoms with Gasteiger partial charge < -0.3 is 14.8 Å². The van der Waals surface area contributed by atoms with Gasteiger partial charge in [0.1, 0.15) is 12.6 Å². The van der Waals surface area contributed by atoms with Gasteiger partial charge in [0, 0.05) is 0 Å². The highest BCUT2D eigenvalue weighted by Gasteiger charge is 2.22. The number of ether oxygens (including phenoxy) is 2. The summed E-state index contributed by atoms with van der Waals surface area (Å²) in [6.45, 7) is 2.70. The third-order valence-corrected chi connectivity index (χ3v) is 4.04. The van der Waals surface area contributed by atoms with Crippen molar-refractivity contribution in [3.8, 4) is 0 Å². The number of unbranched alkanes of at least 4 members (excludes halogenated alkanes) is 5. The van der Waals surface area contributed by atoms with Crippen LogP contribution in [-0.2, 0) is 14.3 Å². The second-order valence-corrected chi connectivity index (χ2v) is 6.60. The van der Waals surface area contributed by atoms with Crippen LogP contribution in [0.5, 0.6) is 0 Å². The van der Waals surface area contributed by atoms with Gasteiger partial charge in [-0.05, 0) is 24.9 Å². The summed E-state index contributed by atoms with van der Waals surface area (Å²) in [6, 6.07) is -0.662. The van der Waals surface area contributed by atoms with Crippen molar-refractivity contribution in [1.82, 2.24) is 5.32 Å². The highest BCUT2D eigenvalue weighted by atomic mass is 35.5. The van der Waals surface area contributed by atoms with Gasteiger partial charge in [0.15, 0.2) is 0 Å². The van der Waals surface area contributed by atoms with Crippen LogP contribution in [0, 0.1) is 0 Å². The van der Waals surface area contributed by atoms with E-state index in [9.17, 15) is 9.59 Å². The molecule has 0 aliphatic heterocycles. The summed E-state index contributed by atoms with van der Waals surface area (Å²) in [4.78, 5) is 23.6. The minimum absolute atomic E-state index is 0.120. The lowest BCUT2D eigenvalue weighted by Crippen LogP contribution is -2.42. The lowest BCUT2D eigenvalue weighted by atomic mass is 10.1. The normalized spacial score (nSPS) is 11.8. The zero-order chi connectivity index (χ0) is 17.3. The number of esters is 1. The smallest absolute Gasteiger partial charge is 0.407 e. The van der Waals surface area contributed by atoms with Crippen LogP contribution in [0.15, 0.2) is 0 Å². The monoisotopic (exact) mass is 367 g/mol. The van der Waals surface area contributed by atoms with Crippen LogP contribution in [0.1, 0.15) is 51.9 Å². The van der Waals surface area contributed by atoms with Crippen molar-refractivity contribution in [1.29, 1.82) is 0 Å². The fraction of sp³-hybridized carbons (Fsp3) is 0.875. The number of hydrogen-bond acceptors (Lipinski definition) is 5. The summed E-state index contributed by atoms with van der Waals surface area (Å²) >= 11 is 7.07. The van der Waals surface area contributed by atoms with Gasteiger partial charge in [0.05, 0.1) is 12.5 Å². The second kappa shape index (κ2) is 16.2. The van der Waals surface area contributed by atoms with Gasteiger partial charge in [-0.1, -0.05) is 39.0 Å². The molecule has 0 saturated heterocycles. The Hall–Kier alpha value is -0.620. The van der Waals surface area contributed by atoms with E-state index in [0.29, 0.717) is 13.0 Å². The van der Waals surface area contributed by atoms with Crippen LogP contribution >= 0.6 is 23.4 Å². The standard InChI is InChI=1S/C16H30ClNO4S/c1-3-4-5-6-7-8-11-21-15(19)14(9-13-23-2)18-16(20)22-12-10-17/h14H,3-13H2,1-2H3,(H,18,20). The van der Waals surface area contributed by atoms with E-state index in [1.165, 1.54) is 25.7 Å². The number of alkyl halides is 1.